The SMILES string of the molecule is O=[C]C(F)Oc1ccccc1. The molecular weight excluding hydrogens is 147 g/mol. The molecule has 0 saturated carbocycles. The highest BCUT2D eigenvalue weighted by Gasteiger charge is 2.04. The summed E-state index contributed by atoms with van der Waals surface area (Å²) in [5, 5.41) is 0. The molecular formula is C8H6FO2. The second-order valence-electron chi connectivity index (χ2n) is 1.86. The lowest BCUT2D eigenvalue weighted by Gasteiger charge is -2.02. The molecule has 3 heteroatoms. The Labute approximate surface area is 63.6 Å². The van der Waals surface area contributed by atoms with Gasteiger partial charge in [0.25, 0.3) is 6.29 Å². The zero-order valence-electron chi connectivity index (χ0n) is 5.66. The van der Waals surface area contributed by atoms with E-state index in [1.807, 2.05) is 0 Å². The van der Waals surface area contributed by atoms with E-state index < -0.39 is 6.36 Å². The van der Waals surface area contributed by atoms with Gasteiger partial charge in [0.1, 0.15) is 5.75 Å². The molecule has 1 aromatic carbocycles. The number of hydrogen-bond acceptors (Lipinski definition) is 2. The van der Waals surface area contributed by atoms with E-state index in [4.69, 9.17) is 0 Å². The van der Waals surface area contributed by atoms with E-state index in [0.29, 0.717) is 5.75 Å². The van der Waals surface area contributed by atoms with Gasteiger partial charge in [0.05, 0.1) is 0 Å². The summed E-state index contributed by atoms with van der Waals surface area (Å²) in [4.78, 5) is 9.68. The molecule has 1 unspecified atom stereocenters. The molecule has 0 aliphatic carbocycles. The highest BCUT2D eigenvalue weighted by atomic mass is 19.1. The Bertz CT molecular complexity index is 223. The summed E-state index contributed by atoms with van der Waals surface area (Å²) in [7, 11) is 0. The number of hydrogen-bond donors (Lipinski definition) is 0. The van der Waals surface area contributed by atoms with Crippen LogP contribution in [0.5, 0.6) is 5.75 Å². The van der Waals surface area contributed by atoms with Crippen molar-refractivity contribution in [3.8, 4) is 5.75 Å². The van der Waals surface area contributed by atoms with E-state index in [-0.39, 0.29) is 0 Å². The van der Waals surface area contributed by atoms with E-state index in [2.05, 4.69) is 4.74 Å². The summed E-state index contributed by atoms with van der Waals surface area (Å²) in [6.07, 6.45) is -0.914. The van der Waals surface area contributed by atoms with Crippen LogP contribution in [-0.2, 0) is 4.79 Å². The Balaban J connectivity index is 2.57. The van der Waals surface area contributed by atoms with Crippen LogP contribution < -0.4 is 4.74 Å². The van der Waals surface area contributed by atoms with Gasteiger partial charge in [-0.25, -0.2) is 0 Å². The third kappa shape index (κ3) is 2.37. The predicted molar refractivity (Wildman–Crippen MR) is 37.7 cm³/mol. The standard InChI is InChI=1S/C8H6FO2/c9-8(6-10)11-7-4-2-1-3-5-7/h1-5,8H. The molecule has 0 amide bonds. The van der Waals surface area contributed by atoms with E-state index in [1.165, 1.54) is 0 Å². The largest absolute Gasteiger partial charge is 0.453 e. The normalized spacial score (nSPS) is 12.1. The molecule has 0 heterocycles. The van der Waals surface area contributed by atoms with Crippen molar-refractivity contribution in [2.24, 2.45) is 0 Å². The van der Waals surface area contributed by atoms with Crippen molar-refractivity contribution in [3.05, 3.63) is 30.3 Å². The summed E-state index contributed by atoms with van der Waals surface area (Å²) < 4.78 is 16.6. The van der Waals surface area contributed by atoms with E-state index in [1.54, 1.807) is 30.3 Å². The van der Waals surface area contributed by atoms with Crippen LogP contribution in [0.25, 0.3) is 0 Å². The molecule has 0 N–H and O–H groups in total. The van der Waals surface area contributed by atoms with Crippen molar-refractivity contribution < 1.29 is 13.9 Å². The lowest BCUT2D eigenvalue weighted by Crippen LogP contribution is -2.10. The fourth-order valence-electron chi connectivity index (χ4n) is 0.643. The summed E-state index contributed by atoms with van der Waals surface area (Å²) in [5.41, 5.74) is 0. The average Bonchev–Trinajstić information content (AvgIpc) is 2.06. The van der Waals surface area contributed by atoms with Gasteiger partial charge in [-0.05, 0) is 12.1 Å². The Morgan fingerprint density at radius 3 is 2.55 bits per heavy atom. The van der Waals surface area contributed by atoms with Crippen LogP contribution in [0.15, 0.2) is 30.3 Å². The minimum Gasteiger partial charge on any atom is -0.453 e. The molecule has 0 aliphatic heterocycles. The van der Waals surface area contributed by atoms with Gasteiger partial charge in [-0.1, -0.05) is 18.2 Å². The first-order chi connectivity index (χ1) is 5.33. The lowest BCUT2D eigenvalue weighted by atomic mass is 10.3. The highest BCUT2D eigenvalue weighted by Crippen LogP contribution is 2.10. The number of ether oxygens (including phenoxy) is 1. The number of benzene rings is 1. The summed E-state index contributed by atoms with van der Waals surface area (Å²) in [5.74, 6) is 0.323. The third-order valence-electron chi connectivity index (χ3n) is 1.08. The lowest BCUT2D eigenvalue weighted by molar-refractivity contribution is 0.128. The van der Waals surface area contributed by atoms with Crippen molar-refractivity contribution in [1.82, 2.24) is 0 Å². The van der Waals surface area contributed by atoms with Crippen molar-refractivity contribution in [2.45, 2.75) is 6.36 Å². The van der Waals surface area contributed by atoms with Crippen molar-refractivity contribution in [2.75, 3.05) is 0 Å². The first kappa shape index (κ1) is 7.72. The van der Waals surface area contributed by atoms with Gasteiger partial charge in [-0.3, -0.25) is 4.79 Å². The van der Waals surface area contributed by atoms with Gasteiger partial charge in [0.2, 0.25) is 0 Å². The average molecular weight is 153 g/mol. The maximum Gasteiger partial charge on any atom is 0.304 e. The Hall–Kier alpha value is -1.38. The van der Waals surface area contributed by atoms with Gasteiger partial charge in [-0.2, -0.15) is 4.39 Å². The maximum absolute atomic E-state index is 12.2. The summed E-state index contributed by atoms with van der Waals surface area (Å²) >= 11 is 0. The number of rotatable bonds is 3. The Morgan fingerprint density at radius 1 is 1.36 bits per heavy atom. The molecule has 1 radical (unpaired) electrons. The van der Waals surface area contributed by atoms with Gasteiger partial charge in [-0.15, -0.1) is 0 Å². The van der Waals surface area contributed by atoms with Crippen LogP contribution in [0.2, 0.25) is 0 Å². The van der Waals surface area contributed by atoms with Gasteiger partial charge >= 0.3 is 6.36 Å². The van der Waals surface area contributed by atoms with Crippen LogP contribution in [0.1, 0.15) is 0 Å². The second kappa shape index (κ2) is 3.71. The number of para-hydroxylation sites is 1. The quantitative estimate of drug-likeness (QED) is 0.657. The topological polar surface area (TPSA) is 26.3 Å². The van der Waals surface area contributed by atoms with Gasteiger partial charge in [0.15, 0.2) is 0 Å². The van der Waals surface area contributed by atoms with Crippen molar-refractivity contribution >= 4 is 6.29 Å². The first-order valence-electron chi connectivity index (χ1n) is 3.06. The molecule has 0 aliphatic rings. The molecule has 1 aromatic rings. The van der Waals surface area contributed by atoms with Crippen LogP contribution in [0, 0.1) is 0 Å². The predicted octanol–water partition coefficient (Wildman–Crippen LogP) is 1.47. The first-order valence-corrected chi connectivity index (χ1v) is 3.06. The molecule has 2 nitrogen and oxygen atoms in total. The fourth-order valence-corrected chi connectivity index (χ4v) is 0.643. The van der Waals surface area contributed by atoms with E-state index >= 15 is 0 Å². The smallest absolute Gasteiger partial charge is 0.304 e. The van der Waals surface area contributed by atoms with E-state index in [9.17, 15) is 9.18 Å². The molecule has 11 heavy (non-hydrogen) atoms. The number of halogens is 1. The minimum absolute atomic E-state index is 0.323. The second-order valence-corrected chi connectivity index (χ2v) is 1.86. The number of carbonyl (C=O) groups excluding carboxylic acids is 1. The molecule has 0 spiro atoms. The molecule has 0 bridgehead atoms. The zero-order valence-corrected chi connectivity index (χ0v) is 5.66. The minimum atomic E-state index is -1.99. The Morgan fingerprint density at radius 2 is 2.00 bits per heavy atom. The van der Waals surface area contributed by atoms with Gasteiger partial charge < -0.3 is 4.74 Å². The van der Waals surface area contributed by atoms with Crippen molar-refractivity contribution in [1.29, 1.82) is 0 Å². The van der Waals surface area contributed by atoms with Crippen LogP contribution in [0.4, 0.5) is 4.39 Å². The van der Waals surface area contributed by atoms with Crippen LogP contribution in [-0.4, -0.2) is 12.6 Å². The molecule has 1 atom stereocenters. The fraction of sp³-hybridized carbons (Fsp3) is 0.125. The number of alkyl halides is 1. The van der Waals surface area contributed by atoms with Crippen molar-refractivity contribution in [3.63, 3.8) is 0 Å². The summed E-state index contributed by atoms with van der Waals surface area (Å²) in [6, 6.07) is 8.26. The highest BCUT2D eigenvalue weighted by molar-refractivity contribution is 5.55. The monoisotopic (exact) mass is 153 g/mol. The molecule has 0 aromatic heterocycles. The molecule has 57 valence electrons. The summed E-state index contributed by atoms with van der Waals surface area (Å²) in [6.45, 7) is 0. The third-order valence-corrected chi connectivity index (χ3v) is 1.08. The van der Waals surface area contributed by atoms with E-state index in [0.717, 1.165) is 6.29 Å². The van der Waals surface area contributed by atoms with Crippen LogP contribution >= 0.6 is 0 Å². The molecule has 1 rings (SSSR count). The molecule has 0 saturated heterocycles. The van der Waals surface area contributed by atoms with Crippen LogP contribution in [0.3, 0.4) is 0 Å². The van der Waals surface area contributed by atoms with Gasteiger partial charge in [0, 0.05) is 0 Å². The zero-order chi connectivity index (χ0) is 8.10. The Kier molecular flexibility index (Phi) is 2.60. The maximum atomic E-state index is 12.2. The molecule has 0 fully saturated rings.